The fraction of sp³-hybridized carbons (Fsp3) is 0.0323. The molecule has 0 heterocycles. The second kappa shape index (κ2) is 7.42. The normalized spacial score (nSPS) is 14.0. The van der Waals surface area contributed by atoms with Crippen LogP contribution in [0.2, 0.25) is 5.02 Å². The first-order valence-electron chi connectivity index (χ1n) is 11.2. The predicted molar refractivity (Wildman–Crippen MR) is 149 cm³/mol. The van der Waals surface area contributed by atoms with Crippen molar-refractivity contribution in [2.45, 2.75) is 5.41 Å². The van der Waals surface area contributed by atoms with Crippen molar-refractivity contribution in [1.82, 2.24) is 0 Å². The summed E-state index contributed by atoms with van der Waals surface area (Å²) in [4.78, 5) is 0. The zero-order chi connectivity index (χ0) is 23.0. The lowest BCUT2D eigenvalue weighted by Crippen LogP contribution is -2.29. The summed E-state index contributed by atoms with van der Waals surface area (Å²) in [5.41, 5.74) is 12.1. The van der Waals surface area contributed by atoms with Crippen LogP contribution in [0.15, 0.2) is 112 Å². The van der Waals surface area contributed by atoms with Gasteiger partial charge in [-0.15, -0.1) is 0 Å². The summed E-state index contributed by atoms with van der Waals surface area (Å²) in [6.07, 6.45) is 0. The van der Waals surface area contributed by atoms with Crippen molar-refractivity contribution in [3.8, 4) is 33.4 Å². The quantitative estimate of drug-likeness (QED) is 0.166. The van der Waals surface area contributed by atoms with Gasteiger partial charge in [-0.1, -0.05) is 110 Å². The standard InChI is InChI=1S/C31H17Br2Cl/c32-18-9-12-24-21-5-1-2-6-22(21)25-13-10-19(33)16-30(25)31(29(24)15-18)27-8-4-3-7-23(27)26-17-20(34)11-14-28(26)31/h1-17H. The van der Waals surface area contributed by atoms with E-state index in [4.69, 9.17) is 11.6 Å². The Morgan fingerprint density at radius 1 is 0.441 bits per heavy atom. The van der Waals surface area contributed by atoms with Gasteiger partial charge in [0, 0.05) is 14.0 Å². The number of hydrogen-bond acceptors (Lipinski definition) is 0. The number of fused-ring (bicyclic) bond motifs is 12. The van der Waals surface area contributed by atoms with Crippen LogP contribution in [-0.2, 0) is 5.41 Å². The molecule has 5 aromatic rings. The van der Waals surface area contributed by atoms with Gasteiger partial charge in [0.2, 0.25) is 0 Å². The maximum Gasteiger partial charge on any atom is 0.0726 e. The van der Waals surface area contributed by atoms with E-state index in [9.17, 15) is 0 Å². The molecule has 0 fully saturated rings. The number of halogens is 3. The molecule has 0 amide bonds. The average Bonchev–Trinajstić information content (AvgIpc) is 3.09. The van der Waals surface area contributed by atoms with Gasteiger partial charge in [0.1, 0.15) is 0 Å². The lowest BCUT2D eigenvalue weighted by Gasteiger charge is -2.35. The molecule has 3 heteroatoms. The van der Waals surface area contributed by atoms with Crippen LogP contribution in [0.5, 0.6) is 0 Å². The molecule has 2 aliphatic rings. The third-order valence-corrected chi connectivity index (χ3v) is 8.51. The Kier molecular flexibility index (Phi) is 4.52. The van der Waals surface area contributed by atoms with Crippen molar-refractivity contribution >= 4 is 43.5 Å². The van der Waals surface area contributed by atoms with Crippen LogP contribution in [0.25, 0.3) is 33.4 Å². The highest BCUT2D eigenvalue weighted by atomic mass is 79.9. The van der Waals surface area contributed by atoms with Gasteiger partial charge < -0.3 is 0 Å². The molecule has 0 aliphatic heterocycles. The SMILES string of the molecule is Clc1ccc2c(c1)-c1ccccc1C21c2cc(Br)ccc2-c2ccccc2-c2ccc(Br)cc21. The van der Waals surface area contributed by atoms with Crippen LogP contribution in [0.1, 0.15) is 22.3 Å². The van der Waals surface area contributed by atoms with Crippen LogP contribution < -0.4 is 0 Å². The van der Waals surface area contributed by atoms with E-state index < -0.39 is 5.41 Å². The fourth-order valence-electron chi connectivity index (χ4n) is 6.06. The number of benzene rings is 5. The summed E-state index contributed by atoms with van der Waals surface area (Å²) in [7, 11) is 0. The van der Waals surface area contributed by atoms with E-state index >= 15 is 0 Å². The highest BCUT2D eigenvalue weighted by Crippen LogP contribution is 2.62. The van der Waals surface area contributed by atoms with Crippen molar-refractivity contribution in [2.24, 2.45) is 0 Å². The van der Waals surface area contributed by atoms with Crippen molar-refractivity contribution in [2.75, 3.05) is 0 Å². The lowest BCUT2D eigenvalue weighted by atomic mass is 9.66. The van der Waals surface area contributed by atoms with E-state index in [0.29, 0.717) is 0 Å². The molecule has 2 aliphatic carbocycles. The molecule has 0 N–H and O–H groups in total. The van der Waals surface area contributed by atoms with E-state index in [1.165, 1.54) is 55.6 Å². The van der Waals surface area contributed by atoms with Gasteiger partial charge in [-0.05, 0) is 92.0 Å². The van der Waals surface area contributed by atoms with Crippen molar-refractivity contribution in [1.29, 1.82) is 0 Å². The molecule has 0 unspecified atom stereocenters. The fourth-order valence-corrected chi connectivity index (χ4v) is 6.95. The van der Waals surface area contributed by atoms with Crippen molar-refractivity contribution < 1.29 is 0 Å². The Hall–Kier alpha value is -2.65. The summed E-state index contributed by atoms with van der Waals surface area (Å²) in [5, 5.41) is 0.756. The Morgan fingerprint density at radius 2 is 0.941 bits per heavy atom. The summed E-state index contributed by atoms with van der Waals surface area (Å²) < 4.78 is 2.14. The van der Waals surface area contributed by atoms with Gasteiger partial charge >= 0.3 is 0 Å². The van der Waals surface area contributed by atoms with Crippen LogP contribution in [0.4, 0.5) is 0 Å². The van der Waals surface area contributed by atoms with Crippen molar-refractivity contribution in [3.05, 3.63) is 139 Å². The van der Waals surface area contributed by atoms with E-state index in [1.54, 1.807) is 0 Å². The van der Waals surface area contributed by atoms with E-state index in [2.05, 4.69) is 129 Å². The molecule has 0 saturated carbocycles. The summed E-state index contributed by atoms with van der Waals surface area (Å²) >= 11 is 14.2. The van der Waals surface area contributed by atoms with E-state index in [-0.39, 0.29) is 0 Å². The first-order valence-corrected chi connectivity index (χ1v) is 13.1. The first-order chi connectivity index (χ1) is 16.6. The summed E-state index contributed by atoms with van der Waals surface area (Å²) in [6.45, 7) is 0. The average molecular weight is 585 g/mol. The maximum atomic E-state index is 6.56. The number of hydrogen-bond donors (Lipinski definition) is 0. The highest BCUT2D eigenvalue weighted by molar-refractivity contribution is 9.10. The molecule has 0 radical (unpaired) electrons. The Balaban J connectivity index is 1.79. The number of rotatable bonds is 0. The Bertz CT molecular complexity index is 1580. The minimum absolute atomic E-state index is 0.478. The van der Waals surface area contributed by atoms with Crippen LogP contribution >= 0.6 is 43.5 Å². The first kappa shape index (κ1) is 20.7. The van der Waals surface area contributed by atoms with Gasteiger partial charge in [-0.25, -0.2) is 0 Å². The molecule has 162 valence electrons. The molecule has 1 spiro atoms. The smallest absolute Gasteiger partial charge is 0.0726 e. The zero-order valence-corrected chi connectivity index (χ0v) is 21.9. The minimum Gasteiger partial charge on any atom is -0.0843 e. The summed E-state index contributed by atoms with van der Waals surface area (Å²) in [5.74, 6) is 0. The summed E-state index contributed by atoms with van der Waals surface area (Å²) in [6, 6.07) is 37.4. The minimum atomic E-state index is -0.478. The molecule has 34 heavy (non-hydrogen) atoms. The van der Waals surface area contributed by atoms with E-state index in [0.717, 1.165) is 14.0 Å². The third-order valence-electron chi connectivity index (χ3n) is 7.29. The monoisotopic (exact) mass is 582 g/mol. The molecular weight excluding hydrogens is 568 g/mol. The maximum absolute atomic E-state index is 6.56. The van der Waals surface area contributed by atoms with Gasteiger partial charge in [-0.2, -0.15) is 0 Å². The van der Waals surface area contributed by atoms with Crippen LogP contribution in [-0.4, -0.2) is 0 Å². The van der Waals surface area contributed by atoms with Crippen LogP contribution in [0.3, 0.4) is 0 Å². The Labute approximate surface area is 220 Å². The molecule has 7 rings (SSSR count). The highest BCUT2D eigenvalue weighted by Gasteiger charge is 2.49. The second-order valence-electron chi connectivity index (χ2n) is 8.91. The topological polar surface area (TPSA) is 0 Å². The van der Waals surface area contributed by atoms with E-state index in [1.807, 2.05) is 6.07 Å². The largest absolute Gasteiger partial charge is 0.0843 e. The van der Waals surface area contributed by atoms with Gasteiger partial charge in [-0.3, -0.25) is 0 Å². The van der Waals surface area contributed by atoms with Gasteiger partial charge in [0.05, 0.1) is 5.41 Å². The molecule has 0 saturated heterocycles. The second-order valence-corrected chi connectivity index (χ2v) is 11.2. The predicted octanol–water partition coefficient (Wildman–Crippen LogP) is 9.88. The molecule has 0 aromatic heterocycles. The molecular formula is C31H17Br2Cl. The van der Waals surface area contributed by atoms with Crippen LogP contribution in [0, 0.1) is 0 Å². The molecule has 5 aromatic carbocycles. The molecule has 0 bridgehead atoms. The van der Waals surface area contributed by atoms with Gasteiger partial charge in [0.25, 0.3) is 0 Å². The lowest BCUT2D eigenvalue weighted by molar-refractivity contribution is 0.774. The third kappa shape index (κ3) is 2.65. The Morgan fingerprint density at radius 3 is 1.56 bits per heavy atom. The van der Waals surface area contributed by atoms with Crippen molar-refractivity contribution in [3.63, 3.8) is 0 Å². The molecule has 0 atom stereocenters. The molecule has 0 nitrogen and oxygen atoms in total. The zero-order valence-electron chi connectivity index (χ0n) is 17.9. The van der Waals surface area contributed by atoms with Gasteiger partial charge in [0.15, 0.2) is 0 Å².